The largest absolute Gasteiger partial charge is 0.434 e. The zero-order valence-corrected chi connectivity index (χ0v) is 19.4. The smallest absolute Gasteiger partial charge is 0.374 e. The van der Waals surface area contributed by atoms with Crippen molar-refractivity contribution in [3.05, 3.63) is 75.5 Å². The Morgan fingerprint density at radius 3 is 2.54 bits per heavy atom. The first kappa shape index (κ1) is 22.5. The fourth-order valence-corrected chi connectivity index (χ4v) is 3.75. The summed E-state index contributed by atoms with van der Waals surface area (Å²) in [4.78, 5) is 0. The Balaban J connectivity index is 2.05. The molecule has 0 radical (unpaired) electrons. The van der Waals surface area contributed by atoms with Crippen LogP contribution >= 0.6 is 23.2 Å². The highest BCUT2D eigenvalue weighted by Gasteiger charge is 2.41. The number of hydrogen-bond donors (Lipinski definition) is 0. The molecule has 35 heavy (non-hydrogen) atoms. The summed E-state index contributed by atoms with van der Waals surface area (Å²) in [6.07, 6.45) is -5.11. The van der Waals surface area contributed by atoms with Crippen LogP contribution in [0.25, 0.3) is 28.3 Å². The first-order valence-corrected chi connectivity index (χ1v) is 10.7. The monoisotopic (exact) mass is 533 g/mol. The number of halogens is 7. The predicted octanol–water partition coefficient (Wildman–Crippen LogP) is 7.72. The van der Waals surface area contributed by atoms with E-state index in [9.17, 15) is 22.0 Å². The normalized spacial score (nSPS) is 13.3. The Kier molecular flexibility index (Phi) is 6.17. The van der Waals surface area contributed by atoms with Crippen molar-refractivity contribution in [2.45, 2.75) is 32.7 Å². The Morgan fingerprint density at radius 2 is 1.91 bits per heavy atom. The van der Waals surface area contributed by atoms with Crippen molar-refractivity contribution >= 4 is 23.2 Å². The van der Waals surface area contributed by atoms with Crippen LogP contribution in [0.15, 0.2) is 47.1 Å². The van der Waals surface area contributed by atoms with Crippen LogP contribution in [0.3, 0.4) is 0 Å². The summed E-state index contributed by atoms with van der Waals surface area (Å²) in [5, 5.41) is 7.05. The second kappa shape index (κ2) is 9.60. The lowest BCUT2D eigenvalue weighted by Crippen LogP contribution is -2.15. The van der Waals surface area contributed by atoms with Crippen LogP contribution in [0, 0.1) is 11.6 Å². The van der Waals surface area contributed by atoms with Crippen molar-refractivity contribution in [1.82, 2.24) is 14.9 Å². The van der Waals surface area contributed by atoms with Crippen molar-refractivity contribution in [3.8, 4) is 28.3 Å². The zero-order valence-electron chi connectivity index (χ0n) is 19.9. The fraction of sp³-hybridized carbons (Fsp3) is 0.217. The summed E-state index contributed by atoms with van der Waals surface area (Å²) >= 11 is 12.0. The van der Waals surface area contributed by atoms with Crippen molar-refractivity contribution in [3.63, 3.8) is 0 Å². The fourth-order valence-electron chi connectivity index (χ4n) is 3.28. The molecule has 2 heterocycles. The molecule has 4 aromatic rings. The SMILES string of the molecule is [2H]C([2H])(OC(C)C)c1c(-c2c(F)cccc2Cl)noc1-c1cnn(-c2cc(F)cc(Cl)c2)c1C(F)(F)F. The average molecular weight is 534 g/mol. The number of hydrogen-bond acceptors (Lipinski definition) is 4. The molecule has 0 saturated carbocycles. The number of benzene rings is 2. The maximum absolute atomic E-state index is 14.8. The Morgan fingerprint density at radius 1 is 1.17 bits per heavy atom. The highest BCUT2D eigenvalue weighted by molar-refractivity contribution is 6.33. The molecule has 4 rings (SSSR count). The van der Waals surface area contributed by atoms with Crippen LogP contribution in [0.4, 0.5) is 22.0 Å². The minimum Gasteiger partial charge on any atom is -0.374 e. The van der Waals surface area contributed by atoms with E-state index in [1.807, 2.05) is 0 Å². The van der Waals surface area contributed by atoms with Gasteiger partial charge in [-0.1, -0.05) is 34.4 Å². The number of ether oxygens (including phenoxy) is 1. The van der Waals surface area contributed by atoms with E-state index in [0.29, 0.717) is 4.68 Å². The topological polar surface area (TPSA) is 53.1 Å². The summed E-state index contributed by atoms with van der Waals surface area (Å²) in [6.45, 7) is 0.166. The van der Waals surface area contributed by atoms with E-state index >= 15 is 0 Å². The summed E-state index contributed by atoms with van der Waals surface area (Å²) < 4.78 is 99.7. The van der Waals surface area contributed by atoms with Crippen LogP contribution in [0.2, 0.25) is 10.0 Å². The van der Waals surface area contributed by atoms with Gasteiger partial charge in [0.2, 0.25) is 0 Å². The molecule has 0 amide bonds. The molecule has 0 N–H and O–H groups in total. The summed E-state index contributed by atoms with van der Waals surface area (Å²) in [6, 6.07) is 6.35. The van der Waals surface area contributed by atoms with Gasteiger partial charge in [0.1, 0.15) is 17.3 Å². The number of rotatable bonds is 6. The first-order chi connectivity index (χ1) is 17.2. The second-order valence-corrected chi connectivity index (χ2v) is 8.39. The van der Waals surface area contributed by atoms with E-state index < -0.39 is 64.3 Å². The van der Waals surface area contributed by atoms with Crippen LogP contribution < -0.4 is 0 Å². The summed E-state index contributed by atoms with van der Waals surface area (Å²) in [7, 11) is 0. The Bertz CT molecular complexity index is 1430. The van der Waals surface area contributed by atoms with Gasteiger partial charge < -0.3 is 9.26 Å². The van der Waals surface area contributed by atoms with Gasteiger partial charge in [-0.05, 0) is 44.2 Å². The molecular weight excluding hydrogens is 516 g/mol. The van der Waals surface area contributed by atoms with E-state index in [0.717, 1.165) is 30.5 Å². The molecule has 0 aliphatic rings. The lowest BCUT2D eigenvalue weighted by molar-refractivity contribution is -0.142. The summed E-state index contributed by atoms with van der Waals surface area (Å²) in [5.41, 5.74) is -4.11. The lowest BCUT2D eigenvalue weighted by Gasteiger charge is -2.13. The molecule has 5 nitrogen and oxygen atoms in total. The highest BCUT2D eigenvalue weighted by Crippen LogP contribution is 2.43. The Labute approximate surface area is 208 Å². The van der Waals surface area contributed by atoms with Crippen molar-refractivity contribution in [2.24, 2.45) is 0 Å². The Hall–Kier alpha value is -2.95. The third-order valence-electron chi connectivity index (χ3n) is 4.66. The maximum atomic E-state index is 14.8. The van der Waals surface area contributed by atoms with E-state index in [2.05, 4.69) is 10.3 Å². The zero-order chi connectivity index (χ0) is 27.3. The van der Waals surface area contributed by atoms with Gasteiger partial charge in [0.25, 0.3) is 0 Å². The molecule has 184 valence electrons. The third kappa shape index (κ3) is 5.05. The molecule has 0 bridgehead atoms. The van der Waals surface area contributed by atoms with Gasteiger partial charge in [0.05, 0.1) is 49.0 Å². The van der Waals surface area contributed by atoms with Crippen LogP contribution in [0.1, 0.15) is 27.8 Å². The van der Waals surface area contributed by atoms with Crippen molar-refractivity contribution < 1.29 is 34.0 Å². The van der Waals surface area contributed by atoms with Gasteiger partial charge in [0, 0.05) is 5.02 Å². The third-order valence-corrected chi connectivity index (χ3v) is 5.20. The molecule has 2 aromatic carbocycles. The predicted molar refractivity (Wildman–Crippen MR) is 119 cm³/mol. The maximum Gasteiger partial charge on any atom is 0.434 e. The minimum absolute atomic E-state index is 0.182. The minimum atomic E-state index is -5.10. The van der Waals surface area contributed by atoms with E-state index in [1.165, 1.54) is 26.0 Å². The van der Waals surface area contributed by atoms with Gasteiger partial charge >= 0.3 is 6.18 Å². The lowest BCUT2D eigenvalue weighted by atomic mass is 10.0. The van der Waals surface area contributed by atoms with E-state index in [-0.39, 0.29) is 15.7 Å². The van der Waals surface area contributed by atoms with Gasteiger partial charge in [-0.3, -0.25) is 0 Å². The first-order valence-electron chi connectivity index (χ1n) is 10.9. The molecule has 0 spiro atoms. The molecule has 0 fully saturated rings. The molecule has 0 aliphatic carbocycles. The van der Waals surface area contributed by atoms with Crippen molar-refractivity contribution in [1.29, 1.82) is 0 Å². The summed E-state index contributed by atoms with van der Waals surface area (Å²) in [5.74, 6) is -2.57. The molecule has 0 aliphatic heterocycles. The average Bonchev–Trinajstić information content (AvgIpc) is 3.37. The van der Waals surface area contributed by atoms with Crippen LogP contribution in [-0.2, 0) is 17.5 Å². The molecule has 0 unspecified atom stereocenters. The molecule has 0 saturated heterocycles. The van der Waals surface area contributed by atoms with Crippen molar-refractivity contribution in [2.75, 3.05) is 0 Å². The standard InChI is InChI=1S/C23H16Cl2F5N3O2/c1-11(2)34-10-16-20(19-17(25)4-3-5-18(19)27)32-35-21(16)15-9-31-33(22(15)23(28,29)30)14-7-12(24)6-13(26)8-14/h3-9,11H,10H2,1-2H3/i10D2. The number of aromatic nitrogens is 3. The van der Waals surface area contributed by atoms with Crippen LogP contribution in [0.5, 0.6) is 0 Å². The number of alkyl halides is 3. The van der Waals surface area contributed by atoms with Gasteiger partial charge in [0.15, 0.2) is 11.5 Å². The van der Waals surface area contributed by atoms with Crippen LogP contribution in [-0.4, -0.2) is 21.0 Å². The van der Waals surface area contributed by atoms with E-state index in [1.54, 1.807) is 0 Å². The van der Waals surface area contributed by atoms with E-state index in [4.69, 9.17) is 35.2 Å². The quantitative estimate of drug-likeness (QED) is 0.238. The van der Waals surface area contributed by atoms with Gasteiger partial charge in [-0.25, -0.2) is 13.5 Å². The molecule has 0 atom stereocenters. The molecule has 2 aromatic heterocycles. The van der Waals surface area contributed by atoms with Gasteiger partial charge in [-0.2, -0.15) is 18.3 Å². The highest BCUT2D eigenvalue weighted by atomic mass is 35.5. The second-order valence-electron chi connectivity index (χ2n) is 7.54. The van der Waals surface area contributed by atoms with Gasteiger partial charge in [-0.15, -0.1) is 0 Å². The molecule has 12 heteroatoms. The molecular formula is C23H16Cl2F5N3O2. The number of nitrogens with zero attached hydrogens (tertiary/aromatic N) is 3.